The Balaban J connectivity index is 1.56. The Labute approximate surface area is 181 Å². The summed E-state index contributed by atoms with van der Waals surface area (Å²) < 4.78 is 11.0. The van der Waals surface area contributed by atoms with Gasteiger partial charge in [0, 0.05) is 11.9 Å². The Kier molecular flexibility index (Phi) is 7.46. The molecule has 0 fully saturated rings. The van der Waals surface area contributed by atoms with Gasteiger partial charge in [-0.1, -0.05) is 23.7 Å². The number of hydrogen-bond acceptors (Lipinski definition) is 4. The molecule has 0 aliphatic rings. The van der Waals surface area contributed by atoms with Crippen LogP contribution in [0, 0.1) is 6.92 Å². The van der Waals surface area contributed by atoms with E-state index in [-0.39, 0.29) is 12.5 Å². The molecule has 5 nitrogen and oxygen atoms in total. The summed E-state index contributed by atoms with van der Waals surface area (Å²) in [6.45, 7) is 4.41. The van der Waals surface area contributed by atoms with E-state index >= 15 is 0 Å². The number of nitrogens with one attached hydrogen (secondary N) is 1. The second-order valence-corrected chi connectivity index (χ2v) is 6.99. The number of halogens is 1. The van der Waals surface area contributed by atoms with Crippen LogP contribution in [0.4, 0.5) is 11.4 Å². The number of carbonyl (C=O) groups excluding carboxylic acids is 1. The van der Waals surface area contributed by atoms with E-state index in [4.69, 9.17) is 21.1 Å². The summed E-state index contributed by atoms with van der Waals surface area (Å²) >= 11 is 6.30. The third kappa shape index (κ3) is 6.36. The average Bonchev–Trinajstić information content (AvgIpc) is 2.73. The molecule has 3 aromatic rings. The van der Waals surface area contributed by atoms with Gasteiger partial charge in [-0.25, -0.2) is 0 Å². The van der Waals surface area contributed by atoms with Crippen LogP contribution in [-0.4, -0.2) is 25.3 Å². The molecule has 1 N–H and O–H groups in total. The molecule has 3 aromatic carbocycles. The number of carbonyl (C=O) groups is 1. The highest BCUT2D eigenvalue weighted by atomic mass is 35.5. The molecule has 0 aliphatic carbocycles. The van der Waals surface area contributed by atoms with Gasteiger partial charge in [-0.05, 0) is 79.6 Å². The summed E-state index contributed by atoms with van der Waals surface area (Å²) in [5.41, 5.74) is 3.43. The van der Waals surface area contributed by atoms with Gasteiger partial charge in [-0.15, -0.1) is 0 Å². The normalized spacial score (nSPS) is 10.8. The summed E-state index contributed by atoms with van der Waals surface area (Å²) in [6, 6.07) is 20.4. The summed E-state index contributed by atoms with van der Waals surface area (Å²) in [4.78, 5) is 16.5. The zero-order valence-corrected chi connectivity index (χ0v) is 17.6. The highest BCUT2D eigenvalue weighted by Crippen LogP contribution is 2.25. The van der Waals surface area contributed by atoms with E-state index in [1.54, 1.807) is 18.3 Å². The number of benzene rings is 3. The first-order valence-corrected chi connectivity index (χ1v) is 9.97. The minimum absolute atomic E-state index is 0.132. The number of hydrogen-bond donors (Lipinski definition) is 1. The summed E-state index contributed by atoms with van der Waals surface area (Å²) in [6.07, 6.45) is 1.72. The van der Waals surface area contributed by atoms with E-state index in [9.17, 15) is 4.79 Å². The van der Waals surface area contributed by atoms with Crippen LogP contribution < -0.4 is 14.8 Å². The first-order valence-electron chi connectivity index (χ1n) is 9.59. The lowest BCUT2D eigenvalue weighted by Gasteiger charge is -2.09. The molecular weight excluding hydrogens is 400 g/mol. The molecule has 6 heteroatoms. The minimum atomic E-state index is -0.252. The molecule has 30 heavy (non-hydrogen) atoms. The molecule has 0 aliphatic heterocycles. The Bertz CT molecular complexity index is 1030. The zero-order valence-electron chi connectivity index (χ0n) is 16.9. The number of rotatable bonds is 8. The van der Waals surface area contributed by atoms with Gasteiger partial charge in [0.05, 0.1) is 17.3 Å². The Morgan fingerprint density at radius 3 is 2.57 bits per heavy atom. The summed E-state index contributed by atoms with van der Waals surface area (Å²) in [5, 5.41) is 3.21. The number of aryl methyl sites for hydroxylation is 1. The number of nitrogens with zero attached hydrogens (tertiary/aromatic N) is 1. The number of amides is 1. The third-order valence-corrected chi connectivity index (χ3v) is 4.42. The Morgan fingerprint density at radius 1 is 1.07 bits per heavy atom. The maximum atomic E-state index is 12.1. The predicted octanol–water partition coefficient (Wildman–Crippen LogP) is 5.82. The summed E-state index contributed by atoms with van der Waals surface area (Å²) in [5.74, 6) is 1.000. The molecule has 154 valence electrons. The van der Waals surface area contributed by atoms with Crippen LogP contribution in [0.15, 0.2) is 71.7 Å². The predicted molar refractivity (Wildman–Crippen MR) is 122 cm³/mol. The number of anilines is 1. The van der Waals surface area contributed by atoms with Gasteiger partial charge in [0.15, 0.2) is 6.61 Å². The average molecular weight is 423 g/mol. The maximum absolute atomic E-state index is 12.1. The van der Waals surface area contributed by atoms with Crippen LogP contribution in [-0.2, 0) is 4.79 Å². The van der Waals surface area contributed by atoms with E-state index in [0.29, 0.717) is 17.4 Å². The van der Waals surface area contributed by atoms with Crippen molar-refractivity contribution in [3.8, 4) is 11.5 Å². The number of ether oxygens (including phenoxy) is 2. The van der Waals surface area contributed by atoms with E-state index in [1.807, 2.05) is 68.4 Å². The van der Waals surface area contributed by atoms with Crippen molar-refractivity contribution in [2.24, 2.45) is 4.99 Å². The van der Waals surface area contributed by atoms with Crippen molar-refractivity contribution in [3.05, 3.63) is 82.9 Å². The topological polar surface area (TPSA) is 59.9 Å². The second-order valence-electron chi connectivity index (χ2n) is 6.58. The fraction of sp³-hybridized carbons (Fsp3) is 0.167. The van der Waals surface area contributed by atoms with Crippen LogP contribution in [0.3, 0.4) is 0 Å². The lowest BCUT2D eigenvalue weighted by Crippen LogP contribution is -2.20. The second kappa shape index (κ2) is 10.5. The molecule has 0 saturated heterocycles. The van der Waals surface area contributed by atoms with E-state index in [2.05, 4.69) is 10.3 Å². The Morgan fingerprint density at radius 2 is 1.87 bits per heavy atom. The van der Waals surface area contributed by atoms with Crippen molar-refractivity contribution in [1.29, 1.82) is 0 Å². The molecule has 0 saturated carbocycles. The molecule has 0 spiro atoms. The van der Waals surface area contributed by atoms with Crippen LogP contribution in [0.2, 0.25) is 5.02 Å². The van der Waals surface area contributed by atoms with E-state index in [0.717, 1.165) is 28.3 Å². The van der Waals surface area contributed by atoms with Gasteiger partial charge >= 0.3 is 0 Å². The van der Waals surface area contributed by atoms with Gasteiger partial charge in [0.2, 0.25) is 0 Å². The van der Waals surface area contributed by atoms with Crippen LogP contribution in [0.5, 0.6) is 11.5 Å². The quantitative estimate of drug-likeness (QED) is 0.465. The molecule has 0 bridgehead atoms. The van der Waals surface area contributed by atoms with E-state index < -0.39 is 0 Å². The van der Waals surface area contributed by atoms with Gasteiger partial charge in [-0.2, -0.15) is 0 Å². The maximum Gasteiger partial charge on any atom is 0.262 e. The zero-order chi connectivity index (χ0) is 21.3. The van der Waals surface area contributed by atoms with Gasteiger partial charge in [0.1, 0.15) is 11.5 Å². The van der Waals surface area contributed by atoms with Crippen molar-refractivity contribution in [2.45, 2.75) is 13.8 Å². The summed E-state index contributed by atoms with van der Waals surface area (Å²) in [7, 11) is 0. The highest BCUT2D eigenvalue weighted by Gasteiger charge is 2.07. The standard InChI is InChI=1S/C24H23ClN2O3/c1-3-29-21-10-8-19(9-11-21)26-15-18-7-12-23(22(25)14-18)30-16-24(28)27-20-6-4-5-17(2)13-20/h4-15H,3,16H2,1-2H3,(H,27,28). The first-order chi connectivity index (χ1) is 14.5. The fourth-order valence-electron chi connectivity index (χ4n) is 2.72. The molecule has 0 unspecified atom stereocenters. The fourth-order valence-corrected chi connectivity index (χ4v) is 2.97. The molecule has 3 rings (SSSR count). The Hall–Kier alpha value is -3.31. The lowest BCUT2D eigenvalue weighted by atomic mass is 10.2. The van der Waals surface area contributed by atoms with Crippen LogP contribution in [0.25, 0.3) is 0 Å². The van der Waals surface area contributed by atoms with Crippen molar-refractivity contribution >= 4 is 35.1 Å². The molecule has 0 atom stereocenters. The third-order valence-electron chi connectivity index (χ3n) is 4.13. The van der Waals surface area contributed by atoms with Gasteiger partial charge < -0.3 is 14.8 Å². The monoisotopic (exact) mass is 422 g/mol. The van der Waals surface area contributed by atoms with Crippen molar-refractivity contribution in [1.82, 2.24) is 0 Å². The van der Waals surface area contributed by atoms with E-state index in [1.165, 1.54) is 0 Å². The smallest absolute Gasteiger partial charge is 0.262 e. The van der Waals surface area contributed by atoms with Crippen LogP contribution in [0.1, 0.15) is 18.1 Å². The largest absolute Gasteiger partial charge is 0.494 e. The van der Waals surface area contributed by atoms with Crippen molar-refractivity contribution < 1.29 is 14.3 Å². The molecule has 0 aromatic heterocycles. The SMILES string of the molecule is CCOc1ccc(N=Cc2ccc(OCC(=O)Nc3cccc(C)c3)c(Cl)c2)cc1. The lowest BCUT2D eigenvalue weighted by molar-refractivity contribution is -0.118. The first kappa shape index (κ1) is 21.4. The van der Waals surface area contributed by atoms with Gasteiger partial charge in [-0.3, -0.25) is 9.79 Å². The molecule has 1 amide bonds. The molecule has 0 radical (unpaired) electrons. The highest BCUT2D eigenvalue weighted by molar-refractivity contribution is 6.32. The molecule has 0 heterocycles. The van der Waals surface area contributed by atoms with Crippen molar-refractivity contribution in [2.75, 3.05) is 18.5 Å². The van der Waals surface area contributed by atoms with Crippen molar-refractivity contribution in [3.63, 3.8) is 0 Å². The minimum Gasteiger partial charge on any atom is -0.494 e. The molecular formula is C24H23ClN2O3. The number of aliphatic imine (C=N–C) groups is 1. The van der Waals surface area contributed by atoms with Crippen LogP contribution >= 0.6 is 11.6 Å². The van der Waals surface area contributed by atoms with Gasteiger partial charge in [0.25, 0.3) is 5.91 Å².